The molecule has 0 aliphatic carbocycles. The number of halogens is 1. The molecule has 0 saturated heterocycles. The minimum Gasteiger partial charge on any atom is -0.357 e. The lowest BCUT2D eigenvalue weighted by atomic mass is 10.1. The van der Waals surface area contributed by atoms with Crippen LogP contribution in [0.3, 0.4) is 0 Å². The Morgan fingerprint density at radius 1 is 1.13 bits per heavy atom. The quantitative estimate of drug-likeness (QED) is 0.321. The van der Waals surface area contributed by atoms with Crippen LogP contribution in [-0.4, -0.2) is 58.7 Å². The zero-order valence-corrected chi connectivity index (χ0v) is 21.1. The summed E-state index contributed by atoms with van der Waals surface area (Å²) in [7, 11) is 3.51. The number of nitrogens with one attached hydrogen (secondary N) is 2. The largest absolute Gasteiger partial charge is 0.357 e. The lowest BCUT2D eigenvalue weighted by Crippen LogP contribution is -2.38. The molecule has 2 aromatic rings. The number of amides is 1. The van der Waals surface area contributed by atoms with E-state index in [1.165, 1.54) is 19.3 Å². The predicted molar refractivity (Wildman–Crippen MR) is 134 cm³/mol. The maximum atomic E-state index is 12.0. The molecule has 0 atom stereocenters. The van der Waals surface area contributed by atoms with Crippen molar-refractivity contribution in [2.24, 2.45) is 4.99 Å². The van der Waals surface area contributed by atoms with Crippen molar-refractivity contribution in [2.75, 3.05) is 27.2 Å². The highest BCUT2D eigenvalue weighted by atomic mass is 127. The number of nitrogens with zero attached hydrogens (tertiary/aromatic N) is 5. The van der Waals surface area contributed by atoms with Gasteiger partial charge in [-0.3, -0.25) is 4.79 Å². The molecule has 0 radical (unpaired) electrons. The maximum absolute atomic E-state index is 12.0. The number of carbonyl (C=O) groups excluding carboxylic acids is 1. The second kappa shape index (κ2) is 12.6. The van der Waals surface area contributed by atoms with Gasteiger partial charge in [-0.2, -0.15) is 0 Å². The molecule has 0 spiro atoms. The first kappa shape index (κ1) is 25.1. The summed E-state index contributed by atoms with van der Waals surface area (Å²) in [5.41, 5.74) is 1.75. The van der Waals surface area contributed by atoms with Crippen LogP contribution in [0.2, 0.25) is 0 Å². The third kappa shape index (κ3) is 7.19. The smallest absolute Gasteiger partial charge is 0.253 e. The van der Waals surface area contributed by atoms with E-state index in [-0.39, 0.29) is 29.9 Å². The maximum Gasteiger partial charge on any atom is 0.253 e. The molecule has 170 valence electrons. The lowest BCUT2D eigenvalue weighted by Gasteiger charge is -2.12. The molecule has 9 heteroatoms. The third-order valence-corrected chi connectivity index (χ3v) is 5.20. The van der Waals surface area contributed by atoms with Gasteiger partial charge >= 0.3 is 0 Å². The molecule has 1 aliphatic heterocycles. The minimum atomic E-state index is 0. The van der Waals surface area contributed by atoms with Crippen molar-refractivity contribution < 1.29 is 4.79 Å². The summed E-state index contributed by atoms with van der Waals surface area (Å²) in [6.45, 7) is 5.17. The number of carbonyl (C=O) groups is 1. The number of fused-ring (bicyclic) bond motifs is 1. The van der Waals surface area contributed by atoms with Crippen LogP contribution in [0.5, 0.6) is 0 Å². The average Bonchev–Trinajstić information content (AvgIpc) is 2.97. The first-order chi connectivity index (χ1) is 14.6. The zero-order valence-electron chi connectivity index (χ0n) is 18.7. The summed E-state index contributed by atoms with van der Waals surface area (Å²) < 4.78 is 2.29. The number of aryl methyl sites for hydroxylation is 1. The van der Waals surface area contributed by atoms with Crippen molar-refractivity contribution in [1.82, 2.24) is 30.3 Å². The topological polar surface area (TPSA) is 87.4 Å². The molecule has 8 nitrogen and oxygen atoms in total. The molecular formula is C22H34IN7O. The standard InChI is InChI=1S/C22H33N7O.HI/c1-4-23-22(25-16-17-9-11-18(12-10-17)21(30)28(2)3)24-14-13-20-27-26-19-8-6-5-7-15-29(19)20;/h9-12H,4-8,13-16H2,1-3H3,(H2,23,24,25);1H. The number of rotatable bonds is 7. The van der Waals surface area contributed by atoms with E-state index >= 15 is 0 Å². The monoisotopic (exact) mass is 539 g/mol. The van der Waals surface area contributed by atoms with Gasteiger partial charge in [0.05, 0.1) is 6.54 Å². The Morgan fingerprint density at radius 3 is 2.61 bits per heavy atom. The molecule has 2 N–H and O–H groups in total. The highest BCUT2D eigenvalue weighted by molar-refractivity contribution is 14.0. The fourth-order valence-electron chi connectivity index (χ4n) is 3.55. The van der Waals surface area contributed by atoms with E-state index in [1.54, 1.807) is 19.0 Å². The molecule has 0 bridgehead atoms. The van der Waals surface area contributed by atoms with Crippen LogP contribution < -0.4 is 10.6 Å². The second-order valence-electron chi connectivity index (χ2n) is 7.76. The van der Waals surface area contributed by atoms with Crippen molar-refractivity contribution in [3.63, 3.8) is 0 Å². The van der Waals surface area contributed by atoms with Gasteiger partial charge in [0.15, 0.2) is 5.96 Å². The Balaban J connectivity index is 0.00000341. The van der Waals surface area contributed by atoms with Gasteiger partial charge in [0, 0.05) is 52.1 Å². The zero-order chi connectivity index (χ0) is 21.3. The second-order valence-corrected chi connectivity index (χ2v) is 7.76. The van der Waals surface area contributed by atoms with Gasteiger partial charge in [-0.1, -0.05) is 18.6 Å². The van der Waals surface area contributed by atoms with E-state index in [9.17, 15) is 4.79 Å². The van der Waals surface area contributed by atoms with E-state index in [1.807, 2.05) is 24.3 Å². The van der Waals surface area contributed by atoms with Crippen molar-refractivity contribution >= 4 is 35.8 Å². The van der Waals surface area contributed by atoms with E-state index in [2.05, 4.69) is 37.3 Å². The number of aromatic nitrogens is 3. The summed E-state index contributed by atoms with van der Waals surface area (Å²) in [5, 5.41) is 15.4. The van der Waals surface area contributed by atoms with Gasteiger partial charge in [0.2, 0.25) is 0 Å². The van der Waals surface area contributed by atoms with Crippen molar-refractivity contribution in [2.45, 2.75) is 52.1 Å². The number of hydrogen-bond donors (Lipinski definition) is 2. The molecule has 0 fully saturated rings. The van der Waals surface area contributed by atoms with Gasteiger partial charge in [-0.25, -0.2) is 4.99 Å². The Bertz CT molecular complexity index is 861. The molecule has 0 unspecified atom stereocenters. The van der Waals surface area contributed by atoms with Crippen LogP contribution in [0, 0.1) is 0 Å². The SMILES string of the molecule is CCNC(=NCc1ccc(C(=O)N(C)C)cc1)NCCc1nnc2n1CCCCC2.I. The fraction of sp³-hybridized carbons (Fsp3) is 0.545. The van der Waals surface area contributed by atoms with Gasteiger partial charge in [-0.05, 0) is 37.5 Å². The molecule has 1 aliphatic rings. The first-order valence-corrected chi connectivity index (χ1v) is 10.8. The molecule has 2 heterocycles. The number of hydrogen-bond acceptors (Lipinski definition) is 4. The van der Waals surface area contributed by atoms with Gasteiger partial charge in [0.1, 0.15) is 11.6 Å². The Morgan fingerprint density at radius 2 is 1.90 bits per heavy atom. The average molecular weight is 539 g/mol. The molecular weight excluding hydrogens is 505 g/mol. The van der Waals surface area contributed by atoms with Gasteiger partial charge < -0.3 is 20.1 Å². The van der Waals surface area contributed by atoms with E-state index in [0.29, 0.717) is 12.1 Å². The Hall–Kier alpha value is -2.17. The number of aliphatic imine (C=N–C) groups is 1. The summed E-state index contributed by atoms with van der Waals surface area (Å²) in [4.78, 5) is 18.2. The van der Waals surface area contributed by atoms with Crippen molar-refractivity contribution in [3.8, 4) is 0 Å². The molecule has 0 saturated carbocycles. The molecule has 1 amide bonds. The molecule has 31 heavy (non-hydrogen) atoms. The number of benzene rings is 1. The van der Waals surface area contributed by atoms with Crippen LogP contribution >= 0.6 is 24.0 Å². The van der Waals surface area contributed by atoms with Crippen LogP contribution in [0.15, 0.2) is 29.3 Å². The first-order valence-electron chi connectivity index (χ1n) is 10.8. The van der Waals surface area contributed by atoms with Crippen LogP contribution in [0.4, 0.5) is 0 Å². The minimum absolute atomic E-state index is 0. The normalized spacial score (nSPS) is 13.6. The Labute approximate surface area is 201 Å². The molecule has 3 rings (SSSR count). The summed E-state index contributed by atoms with van der Waals surface area (Å²) in [5.74, 6) is 2.96. The highest BCUT2D eigenvalue weighted by Gasteiger charge is 2.14. The van der Waals surface area contributed by atoms with Crippen LogP contribution in [0.1, 0.15) is 53.8 Å². The van der Waals surface area contributed by atoms with Crippen molar-refractivity contribution in [1.29, 1.82) is 0 Å². The van der Waals surface area contributed by atoms with E-state index in [4.69, 9.17) is 0 Å². The van der Waals surface area contributed by atoms with E-state index in [0.717, 1.165) is 55.6 Å². The molecule has 1 aromatic carbocycles. The summed E-state index contributed by atoms with van der Waals surface area (Å²) >= 11 is 0. The predicted octanol–water partition coefficient (Wildman–Crippen LogP) is 2.62. The lowest BCUT2D eigenvalue weighted by molar-refractivity contribution is 0.0827. The van der Waals surface area contributed by atoms with Crippen LogP contribution in [-0.2, 0) is 25.9 Å². The fourth-order valence-corrected chi connectivity index (χ4v) is 3.55. The summed E-state index contributed by atoms with van der Waals surface area (Å²) in [6.07, 6.45) is 5.52. The Kier molecular flexibility index (Phi) is 10.2. The third-order valence-electron chi connectivity index (χ3n) is 5.20. The summed E-state index contributed by atoms with van der Waals surface area (Å²) in [6, 6.07) is 7.61. The van der Waals surface area contributed by atoms with Gasteiger partial charge in [-0.15, -0.1) is 34.2 Å². The van der Waals surface area contributed by atoms with Crippen LogP contribution in [0.25, 0.3) is 0 Å². The highest BCUT2D eigenvalue weighted by Crippen LogP contribution is 2.14. The van der Waals surface area contributed by atoms with Crippen molar-refractivity contribution in [3.05, 3.63) is 47.0 Å². The van der Waals surface area contributed by atoms with Gasteiger partial charge in [0.25, 0.3) is 5.91 Å². The molecule has 1 aromatic heterocycles. The van der Waals surface area contributed by atoms with E-state index < -0.39 is 0 Å². The number of guanidine groups is 1.